The van der Waals surface area contributed by atoms with E-state index in [9.17, 15) is 22.8 Å². The highest BCUT2D eigenvalue weighted by atomic mass is 32.2. The smallest absolute Gasteiger partial charge is 0.410 e. The third kappa shape index (κ3) is 16.8. The Morgan fingerprint density at radius 2 is 1.59 bits per heavy atom. The number of fused-ring (bicyclic) bond motifs is 6. The van der Waals surface area contributed by atoms with Gasteiger partial charge in [0, 0.05) is 69.5 Å². The van der Waals surface area contributed by atoms with Crippen LogP contribution in [0.15, 0.2) is 83.9 Å². The molecule has 3 saturated heterocycles. The summed E-state index contributed by atoms with van der Waals surface area (Å²) in [7, 11) is -1.71. The van der Waals surface area contributed by atoms with Crippen LogP contribution in [0.4, 0.5) is 19.4 Å². The number of halogens is 2. The summed E-state index contributed by atoms with van der Waals surface area (Å²) in [4.78, 5) is 61.2. The number of carbonyl (C=O) groups is 3. The molecule has 0 aliphatic carbocycles. The van der Waals surface area contributed by atoms with E-state index in [4.69, 9.17) is 57.6 Å². The minimum absolute atomic E-state index is 0.0100. The first-order chi connectivity index (χ1) is 52.0. The predicted molar refractivity (Wildman–Crippen MR) is 412 cm³/mol. The van der Waals surface area contributed by atoms with Crippen LogP contribution in [0.3, 0.4) is 0 Å². The van der Waals surface area contributed by atoms with Crippen molar-refractivity contribution in [1.29, 1.82) is 0 Å². The maximum atomic E-state index is 18.3. The number of benzene rings is 5. The molecule has 2 bridgehead atoms. The summed E-state index contributed by atoms with van der Waals surface area (Å²) in [6.07, 6.45) is 3.39. The topological polar surface area (TPSA) is 251 Å². The molecule has 4 aliphatic heterocycles. The molecule has 5 aromatic carbocycles. The SMILES string of the molecule is CCOC(=O)CC(c1ccc(C)c(CN2C[C@@H](C)Oc3cc(OCCOCCC(=O)N4CCC[C@H]4COc4nc(N5C[C@H]6CC[C@@H](C5)N6C(=O)OC(C)(C)C)c5cnc(-c6cc(OCOC)cc7ccc(F)c(C#C[Si](C(C)C)(C(C)C)C(C)C)c67)c(F)c5n4)ccc3S2(=O)=O)c1)c1cc(OC)c2c(c1)nnn2C. The Morgan fingerprint density at radius 1 is 0.835 bits per heavy atom. The molecule has 0 radical (unpaired) electrons. The Labute approximate surface area is 637 Å². The first-order valence-electron chi connectivity index (χ1n) is 37.6. The van der Waals surface area contributed by atoms with Crippen molar-refractivity contribution in [2.75, 3.05) is 85.1 Å². The van der Waals surface area contributed by atoms with Crippen LogP contribution in [-0.4, -0.2) is 189 Å². The normalized spacial score (nSPS) is 18.3. The van der Waals surface area contributed by atoms with Crippen LogP contribution in [0.2, 0.25) is 16.6 Å². The molecular formula is C81H100F2N10O14SSi. The third-order valence-electron chi connectivity index (χ3n) is 21.4. The number of ether oxygens (including phenoxy) is 9. The molecule has 0 saturated carbocycles. The van der Waals surface area contributed by atoms with E-state index in [-0.39, 0.29) is 145 Å². The van der Waals surface area contributed by atoms with E-state index in [2.05, 4.69) is 63.3 Å². The number of methoxy groups -OCH3 is 2. The van der Waals surface area contributed by atoms with E-state index in [1.54, 1.807) is 67.9 Å². The Balaban J connectivity index is 0.733. The number of nitrogens with zero attached hydrogens (tertiary/aromatic N) is 10. The van der Waals surface area contributed by atoms with Crippen LogP contribution in [-0.2, 0) is 52.2 Å². The van der Waals surface area contributed by atoms with Crippen LogP contribution < -0.4 is 28.6 Å². The number of anilines is 1. The minimum atomic E-state index is -4.13. The first kappa shape index (κ1) is 79.3. The summed E-state index contributed by atoms with van der Waals surface area (Å²) in [5.41, 5.74) is 8.26. The highest BCUT2D eigenvalue weighted by Gasteiger charge is 2.46. The first-order valence-corrected chi connectivity index (χ1v) is 41.3. The van der Waals surface area contributed by atoms with Gasteiger partial charge in [0.1, 0.15) is 94.8 Å². The lowest BCUT2D eigenvalue weighted by Gasteiger charge is -2.42. The Bertz CT molecular complexity index is 4870. The molecular weight excluding hydrogens is 1440 g/mol. The number of rotatable bonds is 26. The lowest BCUT2D eigenvalue weighted by Crippen LogP contribution is -2.57. The zero-order valence-corrected chi connectivity index (χ0v) is 66.8. The number of aryl methyl sites for hydroxylation is 2. The van der Waals surface area contributed by atoms with Crippen molar-refractivity contribution in [3.05, 3.63) is 118 Å². The molecule has 24 nitrogen and oxygen atoms in total. The average molecular weight is 1540 g/mol. The van der Waals surface area contributed by atoms with Crippen LogP contribution in [0.25, 0.3) is 44.0 Å². The number of likely N-dealkylation sites (tertiary alicyclic amines) is 1. The van der Waals surface area contributed by atoms with Crippen molar-refractivity contribution < 1.29 is 74.2 Å². The van der Waals surface area contributed by atoms with Crippen molar-refractivity contribution in [3.63, 3.8) is 0 Å². The second-order valence-electron chi connectivity index (χ2n) is 30.7. The molecule has 0 N–H and O–H groups in total. The second kappa shape index (κ2) is 33.1. The van der Waals surface area contributed by atoms with Gasteiger partial charge in [0.2, 0.25) is 15.9 Å². The number of hydrogen-bond acceptors (Lipinski definition) is 20. The molecule has 8 aromatic rings. The van der Waals surface area contributed by atoms with Crippen molar-refractivity contribution in [3.8, 4) is 51.7 Å². The van der Waals surface area contributed by atoms with Gasteiger partial charge in [0.15, 0.2) is 12.6 Å². The molecule has 7 heterocycles. The van der Waals surface area contributed by atoms with E-state index in [0.717, 1.165) is 22.3 Å². The lowest BCUT2D eigenvalue weighted by molar-refractivity contribution is -0.143. The molecule has 28 heteroatoms. The lowest BCUT2D eigenvalue weighted by atomic mass is 9.86. The number of piperazine rings is 1. The molecule has 1 unspecified atom stereocenters. The highest BCUT2D eigenvalue weighted by Crippen LogP contribution is 2.45. The van der Waals surface area contributed by atoms with Crippen LogP contribution in [0, 0.1) is 30.0 Å². The summed E-state index contributed by atoms with van der Waals surface area (Å²) < 4.78 is 121. The third-order valence-corrected chi connectivity index (χ3v) is 29.6. The van der Waals surface area contributed by atoms with Gasteiger partial charge < -0.3 is 52.4 Å². The number of sulfonamides is 1. The van der Waals surface area contributed by atoms with Gasteiger partial charge in [-0.15, -0.1) is 10.6 Å². The van der Waals surface area contributed by atoms with Gasteiger partial charge in [-0.25, -0.2) is 26.7 Å². The molecule has 3 aromatic heterocycles. The van der Waals surface area contributed by atoms with Crippen molar-refractivity contribution in [2.45, 2.75) is 185 Å². The van der Waals surface area contributed by atoms with Gasteiger partial charge >= 0.3 is 18.1 Å². The fraction of sp³-hybridized carbons (Fsp3) is 0.506. The monoisotopic (exact) mass is 1530 g/mol. The average Bonchev–Trinajstić information content (AvgIpc) is 1.08. The Hall–Kier alpha value is -9.27. The van der Waals surface area contributed by atoms with Gasteiger partial charge in [0.05, 0.1) is 75.4 Å². The summed E-state index contributed by atoms with van der Waals surface area (Å²) in [5, 5.41) is 9.71. The molecule has 2 amide bonds. The van der Waals surface area contributed by atoms with E-state index in [1.807, 2.05) is 67.8 Å². The van der Waals surface area contributed by atoms with Crippen LogP contribution in [0.1, 0.15) is 148 Å². The summed E-state index contributed by atoms with van der Waals surface area (Å²) >= 11 is 0. The van der Waals surface area contributed by atoms with Crippen molar-refractivity contribution in [2.24, 2.45) is 7.05 Å². The zero-order chi connectivity index (χ0) is 78.0. The van der Waals surface area contributed by atoms with E-state index < -0.39 is 59.4 Å². The van der Waals surface area contributed by atoms with E-state index in [0.29, 0.717) is 95.6 Å². The van der Waals surface area contributed by atoms with Gasteiger partial charge in [-0.1, -0.05) is 76.9 Å². The Morgan fingerprint density at radius 3 is 2.29 bits per heavy atom. The van der Waals surface area contributed by atoms with E-state index in [1.165, 1.54) is 29.7 Å². The number of pyridine rings is 1. The molecule has 3 fully saturated rings. The second-order valence-corrected chi connectivity index (χ2v) is 38.2. The Kier molecular flexibility index (Phi) is 24.1. The highest BCUT2D eigenvalue weighted by molar-refractivity contribution is 7.89. The number of carbonyl (C=O) groups excluding carboxylic acids is 3. The van der Waals surface area contributed by atoms with Gasteiger partial charge in [-0.2, -0.15) is 14.3 Å². The molecule has 5 atom stereocenters. The quantitative estimate of drug-likeness (QED) is 0.0161. The number of esters is 1. The standard InChI is InChI=1S/C81H100F2N10O14SSi/c1-16-102-72(95)40-63(55-36-67-77(69(37-55)100-15)89(13)88-87-67)53-20-19-51(8)56(34-53)43-91-42-52(9)106-68-39-60(24-26-70(68)108(91,97)98)103-32-31-101-30-27-71(94)92-29-17-18-59(92)46-104-79-85-76-65(78(86-79)90-44-57-22-23-58(45-90)93(57)80(96)107-81(10,11)12)41-84-75(74(76)83)64-38-61(105-47-99-14)35-54-21-25-66(82)62(73(54)64)28-33-109(48(2)3,49(4)5)50(6)7/h19-21,24-26,34-39,41,48-50,52,57-59,63H,16-18,22-23,27,29-32,40,42-47H2,1-15H3/t52-,57-,58+,59+,63?/m1/s1. The summed E-state index contributed by atoms with van der Waals surface area (Å²) in [6, 6.07) is 19.5. The number of aromatic nitrogens is 6. The maximum Gasteiger partial charge on any atom is 0.410 e. The molecule has 0 spiro atoms. The molecule has 4 aliphatic rings. The summed E-state index contributed by atoms with van der Waals surface area (Å²) in [5.74, 6) is 2.64. The summed E-state index contributed by atoms with van der Waals surface area (Å²) in [6.45, 7) is 25.7. The molecule has 109 heavy (non-hydrogen) atoms. The zero-order valence-electron chi connectivity index (χ0n) is 65.0. The fourth-order valence-electron chi connectivity index (χ4n) is 16.3. The van der Waals surface area contributed by atoms with E-state index >= 15 is 8.78 Å². The molecule has 582 valence electrons. The number of hydrogen-bond donors (Lipinski definition) is 0. The van der Waals surface area contributed by atoms with Gasteiger partial charge in [0.25, 0.3) is 0 Å². The van der Waals surface area contributed by atoms with Gasteiger partial charge in [-0.05, 0) is 154 Å². The van der Waals surface area contributed by atoms with Crippen molar-refractivity contribution in [1.82, 2.24) is 44.1 Å². The minimum Gasteiger partial charge on any atom is -0.494 e. The largest absolute Gasteiger partial charge is 0.494 e. The number of amides is 2. The van der Waals surface area contributed by atoms with Gasteiger partial charge in [-0.3, -0.25) is 19.5 Å². The van der Waals surface area contributed by atoms with Crippen LogP contribution >= 0.6 is 0 Å². The fourth-order valence-corrected chi connectivity index (χ4v) is 23.1. The predicted octanol–water partition coefficient (Wildman–Crippen LogP) is 13.8. The maximum absolute atomic E-state index is 18.3. The van der Waals surface area contributed by atoms with Crippen molar-refractivity contribution >= 4 is 74.6 Å². The van der Waals surface area contributed by atoms with Crippen LogP contribution in [0.5, 0.6) is 29.0 Å². The molecule has 12 rings (SSSR count).